The van der Waals surface area contributed by atoms with Crippen LogP contribution in [0.4, 0.5) is 10.3 Å². The van der Waals surface area contributed by atoms with Crippen molar-refractivity contribution >= 4 is 32.9 Å². The van der Waals surface area contributed by atoms with E-state index in [4.69, 9.17) is 4.98 Å². The largest absolute Gasteiger partial charge is 0.349 e. The molecule has 2 atom stereocenters. The van der Waals surface area contributed by atoms with E-state index >= 15 is 0 Å². The third kappa shape index (κ3) is 2.92. The van der Waals surface area contributed by atoms with Gasteiger partial charge in [-0.25, -0.2) is 9.37 Å². The molecule has 0 radical (unpaired) electrons. The molecule has 4 aromatic rings. The summed E-state index contributed by atoms with van der Waals surface area (Å²) in [6, 6.07) is 23.6. The van der Waals surface area contributed by atoms with E-state index in [1.54, 1.807) is 0 Å². The van der Waals surface area contributed by atoms with Crippen LogP contribution in [0.5, 0.6) is 0 Å². The second-order valence-corrected chi connectivity index (χ2v) is 7.76. The van der Waals surface area contributed by atoms with Gasteiger partial charge in [0, 0.05) is 4.47 Å². The smallest absolute Gasteiger partial charge is 0.204 e. The number of aromatic nitrogens is 2. The highest BCUT2D eigenvalue weighted by atomic mass is 79.9. The molecule has 1 aliphatic heterocycles. The zero-order valence-corrected chi connectivity index (χ0v) is 16.0. The van der Waals surface area contributed by atoms with Crippen molar-refractivity contribution in [2.75, 3.05) is 5.32 Å². The first-order chi connectivity index (χ1) is 13.2. The van der Waals surface area contributed by atoms with E-state index in [0.717, 1.165) is 33.4 Å². The highest BCUT2D eigenvalue weighted by molar-refractivity contribution is 9.10. The lowest BCUT2D eigenvalue weighted by molar-refractivity contribution is 0.477. The molecule has 1 N–H and O–H groups in total. The summed E-state index contributed by atoms with van der Waals surface area (Å²) in [6.45, 7) is 0. The fourth-order valence-corrected chi connectivity index (χ4v) is 4.34. The monoisotopic (exact) mass is 421 g/mol. The number of fused-ring (bicyclic) bond motifs is 3. The van der Waals surface area contributed by atoms with Gasteiger partial charge in [0.2, 0.25) is 5.95 Å². The predicted molar refractivity (Wildman–Crippen MR) is 109 cm³/mol. The first kappa shape index (κ1) is 16.5. The van der Waals surface area contributed by atoms with Crippen molar-refractivity contribution < 1.29 is 4.39 Å². The maximum atomic E-state index is 13.4. The van der Waals surface area contributed by atoms with Crippen LogP contribution in [0.3, 0.4) is 0 Å². The Balaban J connectivity index is 1.67. The fourth-order valence-electron chi connectivity index (χ4n) is 3.92. The van der Waals surface area contributed by atoms with Gasteiger partial charge in [0.25, 0.3) is 0 Å². The normalized spacial score (nSPS) is 18.9. The molecular formula is C22H17BrFN3. The Labute approximate surface area is 165 Å². The summed E-state index contributed by atoms with van der Waals surface area (Å²) >= 11 is 3.60. The summed E-state index contributed by atoms with van der Waals surface area (Å²) < 4.78 is 16.7. The third-order valence-electron chi connectivity index (χ3n) is 5.18. The quantitative estimate of drug-likeness (QED) is 0.424. The van der Waals surface area contributed by atoms with Crippen LogP contribution >= 0.6 is 15.9 Å². The van der Waals surface area contributed by atoms with Crippen LogP contribution in [-0.4, -0.2) is 9.55 Å². The summed E-state index contributed by atoms with van der Waals surface area (Å²) in [6.07, 6.45) is 0.857. The van der Waals surface area contributed by atoms with Gasteiger partial charge in [0.1, 0.15) is 5.82 Å². The Bertz CT molecular complexity index is 1120. The summed E-state index contributed by atoms with van der Waals surface area (Å²) in [5.41, 5.74) is 4.37. The first-order valence-electron chi connectivity index (χ1n) is 8.93. The van der Waals surface area contributed by atoms with Crippen LogP contribution in [0.15, 0.2) is 77.3 Å². The van der Waals surface area contributed by atoms with E-state index in [2.05, 4.69) is 50.1 Å². The molecule has 0 saturated heterocycles. The third-order valence-corrected chi connectivity index (χ3v) is 5.67. The van der Waals surface area contributed by atoms with E-state index in [9.17, 15) is 4.39 Å². The molecule has 0 amide bonds. The topological polar surface area (TPSA) is 29.9 Å². The number of imidazole rings is 1. The van der Waals surface area contributed by atoms with Crippen LogP contribution in [0, 0.1) is 5.82 Å². The summed E-state index contributed by atoms with van der Waals surface area (Å²) in [5, 5.41) is 3.55. The Hall–Kier alpha value is -2.66. The molecule has 0 bridgehead atoms. The number of benzene rings is 3. The number of hydrogen-bond donors (Lipinski definition) is 1. The van der Waals surface area contributed by atoms with Crippen molar-refractivity contribution in [3.63, 3.8) is 0 Å². The second kappa shape index (κ2) is 6.50. The molecule has 1 aromatic heterocycles. The Morgan fingerprint density at radius 2 is 1.78 bits per heavy atom. The molecule has 0 aliphatic carbocycles. The minimum atomic E-state index is -0.217. The lowest BCUT2D eigenvalue weighted by Gasteiger charge is -2.33. The lowest BCUT2D eigenvalue weighted by Crippen LogP contribution is -2.27. The van der Waals surface area contributed by atoms with Gasteiger partial charge in [-0.05, 0) is 53.9 Å². The second-order valence-electron chi connectivity index (χ2n) is 6.85. The molecule has 0 unspecified atom stereocenters. The molecule has 5 heteroatoms. The zero-order chi connectivity index (χ0) is 18.4. The molecule has 5 rings (SSSR count). The van der Waals surface area contributed by atoms with Gasteiger partial charge >= 0.3 is 0 Å². The molecule has 3 nitrogen and oxygen atoms in total. The first-order valence-corrected chi connectivity index (χ1v) is 9.73. The number of halogens is 2. The van der Waals surface area contributed by atoms with Crippen molar-refractivity contribution in [3.8, 4) is 0 Å². The van der Waals surface area contributed by atoms with Crippen LogP contribution in [0.1, 0.15) is 29.6 Å². The maximum absolute atomic E-state index is 13.4. The highest BCUT2D eigenvalue weighted by Crippen LogP contribution is 2.41. The van der Waals surface area contributed by atoms with E-state index < -0.39 is 0 Å². The molecule has 0 fully saturated rings. The van der Waals surface area contributed by atoms with Crippen molar-refractivity contribution in [3.05, 3.63) is 94.2 Å². The molecule has 1 aliphatic rings. The number of anilines is 1. The minimum absolute atomic E-state index is 0.0684. The molecule has 27 heavy (non-hydrogen) atoms. The summed E-state index contributed by atoms with van der Waals surface area (Å²) in [7, 11) is 0. The van der Waals surface area contributed by atoms with Gasteiger partial charge in [-0.3, -0.25) is 0 Å². The molecular weight excluding hydrogens is 405 g/mol. The van der Waals surface area contributed by atoms with E-state index in [0.29, 0.717) is 0 Å². The number of rotatable bonds is 2. The summed E-state index contributed by atoms with van der Waals surface area (Å²) in [4.78, 5) is 4.81. The average Bonchev–Trinajstić information content (AvgIpc) is 3.06. The van der Waals surface area contributed by atoms with Crippen molar-refractivity contribution in [1.29, 1.82) is 0 Å². The van der Waals surface area contributed by atoms with Crippen LogP contribution in [-0.2, 0) is 0 Å². The molecule has 134 valence electrons. The van der Waals surface area contributed by atoms with Gasteiger partial charge < -0.3 is 9.88 Å². The van der Waals surface area contributed by atoms with E-state index in [1.165, 1.54) is 17.7 Å². The maximum Gasteiger partial charge on any atom is 0.204 e. The van der Waals surface area contributed by atoms with E-state index in [1.807, 2.05) is 36.4 Å². The van der Waals surface area contributed by atoms with Crippen molar-refractivity contribution in [1.82, 2.24) is 9.55 Å². The van der Waals surface area contributed by atoms with Gasteiger partial charge in [0.05, 0.1) is 23.1 Å². The highest BCUT2D eigenvalue weighted by Gasteiger charge is 2.31. The number of nitrogens with one attached hydrogen (secondary N) is 1. The fraction of sp³-hybridized carbons (Fsp3) is 0.136. The number of nitrogens with zero attached hydrogens (tertiary/aromatic N) is 2. The zero-order valence-electron chi connectivity index (χ0n) is 14.4. The van der Waals surface area contributed by atoms with Gasteiger partial charge in [-0.15, -0.1) is 0 Å². The summed E-state index contributed by atoms with van der Waals surface area (Å²) in [5.74, 6) is 0.632. The van der Waals surface area contributed by atoms with Gasteiger partial charge in [-0.1, -0.05) is 52.3 Å². The van der Waals surface area contributed by atoms with E-state index in [-0.39, 0.29) is 17.9 Å². The van der Waals surface area contributed by atoms with Gasteiger partial charge in [-0.2, -0.15) is 0 Å². The standard InChI is InChI=1S/C22H17BrFN3/c23-16-5-3-4-15(12-16)21-13-19(14-8-10-17(24)11-9-14)26-22-25-18-6-1-2-7-20(18)27(21)22/h1-12,19,21H,13H2,(H,25,26)/t19-,21-/m1/s1. The molecule has 0 saturated carbocycles. The predicted octanol–water partition coefficient (Wildman–Crippen LogP) is 6.08. The lowest BCUT2D eigenvalue weighted by atomic mass is 9.93. The SMILES string of the molecule is Fc1ccc([C@H]2C[C@H](c3cccc(Br)c3)n3c(nc4ccccc43)N2)cc1. The van der Waals surface area contributed by atoms with Crippen LogP contribution < -0.4 is 5.32 Å². The van der Waals surface area contributed by atoms with Crippen molar-refractivity contribution in [2.24, 2.45) is 0 Å². The minimum Gasteiger partial charge on any atom is -0.349 e. The average molecular weight is 422 g/mol. The van der Waals surface area contributed by atoms with Gasteiger partial charge in [0.15, 0.2) is 0 Å². The molecule has 0 spiro atoms. The molecule has 3 aromatic carbocycles. The van der Waals surface area contributed by atoms with Crippen LogP contribution in [0.25, 0.3) is 11.0 Å². The van der Waals surface area contributed by atoms with Crippen molar-refractivity contribution in [2.45, 2.75) is 18.5 Å². The Kier molecular flexibility index (Phi) is 3.97. The number of para-hydroxylation sites is 2. The molecule has 2 heterocycles. The number of hydrogen-bond acceptors (Lipinski definition) is 2. The Morgan fingerprint density at radius 1 is 0.963 bits per heavy atom. The Morgan fingerprint density at radius 3 is 2.59 bits per heavy atom. The van der Waals surface area contributed by atoms with Crippen LogP contribution in [0.2, 0.25) is 0 Å².